The summed E-state index contributed by atoms with van der Waals surface area (Å²) in [7, 11) is 0. The summed E-state index contributed by atoms with van der Waals surface area (Å²) in [5.41, 5.74) is 0. The monoisotopic (exact) mass is 521 g/mol. The van der Waals surface area contributed by atoms with Crippen LogP contribution in [-0.2, 0) is 22.3 Å². The summed E-state index contributed by atoms with van der Waals surface area (Å²) in [5.74, 6) is -3.30. The zero-order valence-electron chi connectivity index (χ0n) is 17.9. The number of furan rings is 1. The quantitative estimate of drug-likeness (QED) is 0.480. The van der Waals surface area contributed by atoms with E-state index in [9.17, 15) is 37.1 Å². The predicted molar refractivity (Wildman–Crippen MR) is 112 cm³/mol. The molecule has 0 aliphatic carbocycles. The van der Waals surface area contributed by atoms with E-state index in [1.54, 1.807) is 0 Å². The summed E-state index contributed by atoms with van der Waals surface area (Å²) in [6.07, 6.45) is -5.77. The molecule has 0 spiro atoms. The lowest BCUT2D eigenvalue weighted by Crippen LogP contribution is -2.58. The third-order valence-electron chi connectivity index (χ3n) is 5.13. The van der Waals surface area contributed by atoms with Crippen molar-refractivity contribution in [2.45, 2.75) is 37.6 Å². The van der Waals surface area contributed by atoms with Crippen LogP contribution >= 0.6 is 11.6 Å². The Bertz CT molecular complexity index is 1090. The number of benzene rings is 1. The maximum Gasteiger partial charge on any atom is 0.449 e. The second-order valence-electron chi connectivity index (χ2n) is 7.64. The lowest BCUT2D eigenvalue weighted by molar-refractivity contribution is -0.153. The molecular formula is C21H20ClF4N3O6. The normalized spacial score (nSPS) is 18.1. The standard InChI is InChI=1S/C21H20ClF4N3O6/c22-14-4-2-12(7-15(14)23)34-10-18(30)28-11-1-5-16(29(9-11)20(32)33)19(31)27-8-13-3-6-17(35-13)21(24,25)26/h2-4,6-7,11,16H,1,5,8-10H2,(H,27,31)(H,28,30)(H,32,33)/t11-,16+/m0/s1. The van der Waals surface area contributed by atoms with E-state index in [4.69, 9.17) is 16.3 Å². The average molecular weight is 522 g/mol. The van der Waals surface area contributed by atoms with Crippen LogP contribution in [0.25, 0.3) is 0 Å². The van der Waals surface area contributed by atoms with Crippen LogP contribution in [0.4, 0.5) is 22.4 Å². The van der Waals surface area contributed by atoms with Gasteiger partial charge in [0.1, 0.15) is 23.4 Å². The Kier molecular flexibility index (Phi) is 8.10. The molecule has 0 unspecified atom stereocenters. The molecule has 3 amide bonds. The maximum atomic E-state index is 13.4. The van der Waals surface area contributed by atoms with E-state index in [0.29, 0.717) is 0 Å². The first-order chi connectivity index (χ1) is 16.4. The third-order valence-corrected chi connectivity index (χ3v) is 5.44. The minimum Gasteiger partial charge on any atom is -0.484 e. The molecule has 0 bridgehead atoms. The fourth-order valence-corrected chi connectivity index (χ4v) is 3.59. The van der Waals surface area contributed by atoms with Crippen molar-refractivity contribution in [1.29, 1.82) is 0 Å². The van der Waals surface area contributed by atoms with Crippen molar-refractivity contribution in [3.63, 3.8) is 0 Å². The van der Waals surface area contributed by atoms with Gasteiger partial charge in [-0.1, -0.05) is 11.6 Å². The topological polar surface area (TPSA) is 121 Å². The molecule has 0 saturated carbocycles. The molecule has 190 valence electrons. The van der Waals surface area contributed by atoms with Crippen molar-refractivity contribution < 1.29 is 46.2 Å². The van der Waals surface area contributed by atoms with Crippen LogP contribution in [0, 0.1) is 5.82 Å². The van der Waals surface area contributed by atoms with Crippen LogP contribution in [0.5, 0.6) is 5.75 Å². The van der Waals surface area contributed by atoms with Gasteiger partial charge >= 0.3 is 12.3 Å². The molecule has 2 heterocycles. The van der Waals surface area contributed by atoms with E-state index < -0.39 is 54.4 Å². The molecule has 0 radical (unpaired) electrons. The molecule has 1 saturated heterocycles. The Morgan fingerprint density at radius 1 is 1.20 bits per heavy atom. The number of amides is 3. The highest BCUT2D eigenvalue weighted by atomic mass is 35.5. The highest BCUT2D eigenvalue weighted by Crippen LogP contribution is 2.30. The summed E-state index contributed by atoms with van der Waals surface area (Å²) in [6.45, 7) is -1.02. The van der Waals surface area contributed by atoms with E-state index in [0.717, 1.165) is 23.1 Å². The summed E-state index contributed by atoms with van der Waals surface area (Å²) >= 11 is 5.58. The molecule has 35 heavy (non-hydrogen) atoms. The van der Waals surface area contributed by atoms with Gasteiger partial charge in [-0.15, -0.1) is 0 Å². The smallest absolute Gasteiger partial charge is 0.449 e. The van der Waals surface area contributed by atoms with Gasteiger partial charge in [-0.3, -0.25) is 14.5 Å². The molecule has 2 atom stereocenters. The highest BCUT2D eigenvalue weighted by molar-refractivity contribution is 6.30. The maximum absolute atomic E-state index is 13.4. The molecule has 1 aromatic carbocycles. The number of likely N-dealkylation sites (tertiary alicyclic amines) is 1. The molecular weight excluding hydrogens is 502 g/mol. The molecule has 1 aliphatic heterocycles. The van der Waals surface area contributed by atoms with Crippen LogP contribution in [0.15, 0.2) is 34.7 Å². The van der Waals surface area contributed by atoms with Gasteiger partial charge < -0.3 is 24.9 Å². The first kappa shape index (κ1) is 26.1. The Hall–Kier alpha value is -3.48. The van der Waals surface area contributed by atoms with Gasteiger partial charge in [0.15, 0.2) is 6.61 Å². The summed E-state index contributed by atoms with van der Waals surface area (Å²) < 4.78 is 61.1. The molecule has 14 heteroatoms. The van der Waals surface area contributed by atoms with Crippen molar-refractivity contribution in [3.8, 4) is 5.75 Å². The molecule has 1 fully saturated rings. The zero-order valence-corrected chi connectivity index (χ0v) is 18.7. The van der Waals surface area contributed by atoms with E-state index in [2.05, 4.69) is 15.1 Å². The van der Waals surface area contributed by atoms with E-state index in [1.165, 1.54) is 12.1 Å². The minimum absolute atomic E-state index is 0.0539. The second kappa shape index (κ2) is 10.8. The number of halogens is 5. The zero-order chi connectivity index (χ0) is 25.8. The van der Waals surface area contributed by atoms with E-state index >= 15 is 0 Å². The highest BCUT2D eigenvalue weighted by Gasteiger charge is 2.37. The van der Waals surface area contributed by atoms with Crippen molar-refractivity contribution >= 4 is 29.5 Å². The van der Waals surface area contributed by atoms with Crippen LogP contribution in [0.2, 0.25) is 5.02 Å². The molecule has 9 nitrogen and oxygen atoms in total. The second-order valence-corrected chi connectivity index (χ2v) is 8.05. The number of carbonyl (C=O) groups excluding carboxylic acids is 2. The lowest BCUT2D eigenvalue weighted by Gasteiger charge is -2.37. The number of piperidine rings is 1. The van der Waals surface area contributed by atoms with Crippen LogP contribution < -0.4 is 15.4 Å². The third kappa shape index (κ3) is 7.01. The van der Waals surface area contributed by atoms with Crippen molar-refractivity contribution in [2.75, 3.05) is 13.2 Å². The van der Waals surface area contributed by atoms with Crippen molar-refractivity contribution in [3.05, 3.63) is 52.7 Å². The molecule has 2 aromatic rings. The number of nitrogens with zero attached hydrogens (tertiary/aromatic N) is 1. The Balaban J connectivity index is 1.50. The number of hydrogen-bond acceptors (Lipinski definition) is 5. The van der Waals surface area contributed by atoms with Gasteiger partial charge in [0, 0.05) is 18.7 Å². The number of alkyl halides is 3. The SMILES string of the molecule is O=C(COc1ccc(Cl)c(F)c1)N[C@H]1CC[C@H](C(=O)NCc2ccc(C(F)(F)F)o2)N(C(=O)O)C1. The van der Waals surface area contributed by atoms with Gasteiger partial charge in [-0.2, -0.15) is 13.2 Å². The van der Waals surface area contributed by atoms with Gasteiger partial charge in [-0.05, 0) is 37.1 Å². The number of carbonyl (C=O) groups is 3. The van der Waals surface area contributed by atoms with Gasteiger partial charge in [0.2, 0.25) is 11.7 Å². The minimum atomic E-state index is -4.67. The number of rotatable bonds is 7. The van der Waals surface area contributed by atoms with Gasteiger partial charge in [-0.25, -0.2) is 9.18 Å². The van der Waals surface area contributed by atoms with Crippen LogP contribution in [0.1, 0.15) is 24.4 Å². The van der Waals surface area contributed by atoms with Gasteiger partial charge in [0.05, 0.1) is 11.6 Å². The summed E-state index contributed by atoms with van der Waals surface area (Å²) in [5, 5.41) is 14.4. The first-order valence-electron chi connectivity index (χ1n) is 10.2. The Morgan fingerprint density at radius 3 is 2.57 bits per heavy atom. The molecule has 1 aromatic heterocycles. The fraction of sp³-hybridized carbons (Fsp3) is 0.381. The number of ether oxygens (including phenoxy) is 1. The Labute approximate surface area is 201 Å². The van der Waals surface area contributed by atoms with E-state index in [1.807, 2.05) is 0 Å². The van der Waals surface area contributed by atoms with Crippen molar-refractivity contribution in [2.24, 2.45) is 0 Å². The molecule has 3 rings (SSSR count). The van der Waals surface area contributed by atoms with Crippen LogP contribution in [0.3, 0.4) is 0 Å². The molecule has 3 N–H and O–H groups in total. The Morgan fingerprint density at radius 2 is 1.94 bits per heavy atom. The van der Waals surface area contributed by atoms with Crippen molar-refractivity contribution in [1.82, 2.24) is 15.5 Å². The molecule has 1 aliphatic rings. The fourth-order valence-electron chi connectivity index (χ4n) is 3.47. The van der Waals surface area contributed by atoms with Crippen LogP contribution in [-0.4, -0.2) is 53.1 Å². The number of nitrogens with one attached hydrogen (secondary N) is 2. The van der Waals surface area contributed by atoms with E-state index in [-0.39, 0.29) is 42.5 Å². The predicted octanol–water partition coefficient (Wildman–Crippen LogP) is 3.41. The first-order valence-corrected chi connectivity index (χ1v) is 10.6. The lowest BCUT2D eigenvalue weighted by atomic mass is 9.98. The number of carboxylic acid groups (broad SMARTS) is 1. The summed E-state index contributed by atoms with van der Waals surface area (Å²) in [4.78, 5) is 37.2. The largest absolute Gasteiger partial charge is 0.484 e. The number of hydrogen-bond donors (Lipinski definition) is 3. The van der Waals surface area contributed by atoms with Gasteiger partial charge in [0.25, 0.3) is 5.91 Å². The summed E-state index contributed by atoms with van der Waals surface area (Å²) in [6, 6.07) is 3.72. The average Bonchev–Trinajstić information content (AvgIpc) is 3.28.